The number of aromatic nitrogens is 3. The van der Waals surface area contributed by atoms with Gasteiger partial charge in [0.05, 0.1) is 18.7 Å². The van der Waals surface area contributed by atoms with Crippen LogP contribution < -0.4 is 10.9 Å². The number of benzene rings is 1. The van der Waals surface area contributed by atoms with E-state index in [1.807, 2.05) is 13.0 Å². The average molecular weight is 456 g/mol. The molecule has 0 radical (unpaired) electrons. The van der Waals surface area contributed by atoms with Gasteiger partial charge in [-0.25, -0.2) is 14.4 Å². The Morgan fingerprint density at radius 1 is 1.21 bits per heavy atom. The zero-order valence-electron chi connectivity index (χ0n) is 18.8. The number of nitrogens with zero attached hydrogens (tertiary/aromatic N) is 4. The Morgan fingerprint density at radius 2 is 1.97 bits per heavy atom. The van der Waals surface area contributed by atoms with E-state index in [0.29, 0.717) is 24.3 Å². The normalized spacial score (nSPS) is 15.6. The first-order chi connectivity index (χ1) is 16.1. The number of hydrogen-bond donors (Lipinski definition) is 2. The molecule has 0 saturated carbocycles. The number of morpholine rings is 1. The molecule has 1 aromatic carbocycles. The third-order valence-electron chi connectivity index (χ3n) is 6.08. The number of hydrogen-bond acceptors (Lipinski definition) is 7. The van der Waals surface area contributed by atoms with Crippen molar-refractivity contribution in [1.29, 1.82) is 0 Å². The molecule has 0 aliphatic carbocycles. The average Bonchev–Trinajstić information content (AvgIpc) is 2.85. The van der Waals surface area contributed by atoms with Gasteiger partial charge in [-0.05, 0) is 36.1 Å². The summed E-state index contributed by atoms with van der Waals surface area (Å²) in [6, 6.07) is 8.00. The van der Waals surface area contributed by atoms with E-state index in [4.69, 9.17) is 4.74 Å². The van der Waals surface area contributed by atoms with Gasteiger partial charge in [0.25, 0.3) is 5.56 Å². The van der Waals surface area contributed by atoms with Crippen molar-refractivity contribution < 1.29 is 14.2 Å². The van der Waals surface area contributed by atoms with Crippen molar-refractivity contribution in [3.05, 3.63) is 52.7 Å². The number of nitrogens with one attached hydrogen (secondary N) is 1. The highest BCUT2D eigenvalue weighted by Crippen LogP contribution is 2.23. The van der Waals surface area contributed by atoms with Gasteiger partial charge in [-0.3, -0.25) is 9.69 Å². The molecule has 33 heavy (non-hydrogen) atoms. The van der Waals surface area contributed by atoms with Crippen LogP contribution in [0.3, 0.4) is 0 Å². The first-order valence-electron chi connectivity index (χ1n) is 11.4. The summed E-state index contributed by atoms with van der Waals surface area (Å²) in [5.41, 5.74) is 2.36. The lowest BCUT2D eigenvalue weighted by atomic mass is 10.1. The molecule has 1 aliphatic rings. The van der Waals surface area contributed by atoms with Crippen molar-refractivity contribution in [1.82, 2.24) is 19.4 Å². The molecule has 1 aliphatic heterocycles. The highest BCUT2D eigenvalue weighted by molar-refractivity contribution is 5.79. The van der Waals surface area contributed by atoms with Crippen LogP contribution in [-0.4, -0.2) is 70.5 Å². The van der Waals surface area contributed by atoms with Crippen LogP contribution in [0, 0.1) is 11.7 Å². The van der Waals surface area contributed by atoms with Crippen LogP contribution in [0.2, 0.25) is 0 Å². The second-order valence-electron chi connectivity index (χ2n) is 8.29. The number of halogens is 1. The van der Waals surface area contributed by atoms with Crippen LogP contribution in [-0.2, 0) is 11.3 Å². The topological polar surface area (TPSA) is 92.5 Å². The second kappa shape index (κ2) is 10.8. The zero-order valence-corrected chi connectivity index (χ0v) is 18.8. The fourth-order valence-corrected chi connectivity index (χ4v) is 3.95. The maximum Gasteiger partial charge on any atom is 0.293 e. The molecule has 1 fully saturated rings. The van der Waals surface area contributed by atoms with E-state index in [9.17, 15) is 14.3 Å². The second-order valence-corrected chi connectivity index (χ2v) is 8.29. The molecule has 0 bridgehead atoms. The number of fused-ring (bicyclic) bond motifs is 1. The molecule has 0 spiro atoms. The van der Waals surface area contributed by atoms with E-state index in [-0.39, 0.29) is 29.7 Å². The van der Waals surface area contributed by atoms with Gasteiger partial charge in [-0.2, -0.15) is 0 Å². The van der Waals surface area contributed by atoms with Gasteiger partial charge in [0.2, 0.25) is 0 Å². The van der Waals surface area contributed by atoms with Gasteiger partial charge in [0.15, 0.2) is 11.5 Å². The Hall–Kier alpha value is -2.88. The van der Waals surface area contributed by atoms with Gasteiger partial charge >= 0.3 is 0 Å². The molecular weight excluding hydrogens is 425 g/mol. The molecule has 4 rings (SSSR count). The fourth-order valence-electron chi connectivity index (χ4n) is 3.95. The number of aliphatic hydroxyl groups is 1. The minimum absolute atomic E-state index is 0.0162. The number of aliphatic hydroxyl groups excluding tert-OH is 1. The fraction of sp³-hybridized carbons (Fsp3) is 0.458. The van der Waals surface area contributed by atoms with Gasteiger partial charge in [0, 0.05) is 51.1 Å². The minimum Gasteiger partial charge on any atom is -0.396 e. The molecule has 1 unspecified atom stereocenters. The molecule has 2 aromatic heterocycles. The summed E-state index contributed by atoms with van der Waals surface area (Å²) in [4.78, 5) is 24.7. The summed E-state index contributed by atoms with van der Waals surface area (Å²) in [5.74, 6) is -0.123. The Balaban J connectivity index is 1.67. The summed E-state index contributed by atoms with van der Waals surface area (Å²) in [5, 5.41) is 12.9. The van der Waals surface area contributed by atoms with Gasteiger partial charge in [0.1, 0.15) is 5.82 Å². The van der Waals surface area contributed by atoms with Crippen molar-refractivity contribution >= 4 is 17.0 Å². The third kappa shape index (κ3) is 5.55. The first kappa shape index (κ1) is 23.3. The summed E-state index contributed by atoms with van der Waals surface area (Å²) in [7, 11) is 0. The lowest BCUT2D eigenvalue weighted by Gasteiger charge is -2.26. The van der Waals surface area contributed by atoms with Gasteiger partial charge in [-0.1, -0.05) is 19.1 Å². The predicted molar refractivity (Wildman–Crippen MR) is 126 cm³/mol. The van der Waals surface area contributed by atoms with Gasteiger partial charge < -0.3 is 19.7 Å². The molecule has 3 heterocycles. The highest BCUT2D eigenvalue weighted by atomic mass is 19.1. The van der Waals surface area contributed by atoms with E-state index in [1.165, 1.54) is 12.1 Å². The van der Waals surface area contributed by atoms with E-state index < -0.39 is 0 Å². The number of anilines is 1. The van der Waals surface area contributed by atoms with E-state index >= 15 is 0 Å². The molecule has 9 heteroatoms. The van der Waals surface area contributed by atoms with Crippen LogP contribution in [0.25, 0.3) is 22.3 Å². The molecule has 8 nitrogen and oxygen atoms in total. The first-order valence-corrected chi connectivity index (χ1v) is 11.4. The smallest absolute Gasteiger partial charge is 0.293 e. The lowest BCUT2D eigenvalue weighted by molar-refractivity contribution is 0.0398. The number of rotatable bonds is 9. The highest BCUT2D eigenvalue weighted by Gasteiger charge is 2.17. The summed E-state index contributed by atoms with van der Waals surface area (Å²) in [6.07, 6.45) is 2.41. The largest absolute Gasteiger partial charge is 0.396 e. The maximum atomic E-state index is 13.4. The van der Waals surface area contributed by atoms with Crippen LogP contribution >= 0.6 is 0 Å². The van der Waals surface area contributed by atoms with Crippen LogP contribution in [0.4, 0.5) is 10.2 Å². The maximum absolute atomic E-state index is 13.4. The quantitative estimate of drug-likeness (QED) is 0.512. The monoisotopic (exact) mass is 455 g/mol. The lowest BCUT2D eigenvalue weighted by Crippen LogP contribution is -2.39. The van der Waals surface area contributed by atoms with Crippen molar-refractivity contribution in [3.8, 4) is 11.1 Å². The van der Waals surface area contributed by atoms with Crippen molar-refractivity contribution in [3.63, 3.8) is 0 Å². The summed E-state index contributed by atoms with van der Waals surface area (Å²) < 4.78 is 20.4. The zero-order chi connectivity index (χ0) is 23.2. The van der Waals surface area contributed by atoms with Crippen molar-refractivity contribution in [2.24, 2.45) is 5.92 Å². The van der Waals surface area contributed by atoms with Crippen LogP contribution in [0.1, 0.15) is 13.3 Å². The molecule has 0 amide bonds. The SMILES string of the molecule is CCC(CO)Cn1c(=O)c(NCCN2CCOCC2)nc2ncc(-c3ccc(F)cc3)cc21. The summed E-state index contributed by atoms with van der Waals surface area (Å²) >= 11 is 0. The molecule has 1 saturated heterocycles. The Labute approximate surface area is 192 Å². The standard InChI is InChI=1S/C24H30FN5O3/c1-2-17(16-31)15-30-21-13-19(18-3-5-20(25)6-4-18)14-27-22(21)28-23(24(30)32)26-7-8-29-9-11-33-12-10-29/h3-6,13-14,17,31H,2,7-12,15-16H2,1H3,(H,26,27,28). The van der Waals surface area contributed by atoms with Crippen LogP contribution in [0.15, 0.2) is 41.3 Å². The summed E-state index contributed by atoms with van der Waals surface area (Å²) in [6.45, 7) is 6.89. The van der Waals surface area contributed by atoms with Crippen molar-refractivity contribution in [2.45, 2.75) is 19.9 Å². The molecule has 176 valence electrons. The molecule has 3 aromatic rings. The van der Waals surface area contributed by atoms with E-state index in [2.05, 4.69) is 20.2 Å². The number of ether oxygens (including phenoxy) is 1. The Morgan fingerprint density at radius 3 is 2.67 bits per heavy atom. The number of pyridine rings is 1. The molecular formula is C24H30FN5O3. The van der Waals surface area contributed by atoms with Crippen molar-refractivity contribution in [2.75, 3.05) is 51.3 Å². The van der Waals surface area contributed by atoms with E-state index in [1.54, 1.807) is 22.9 Å². The predicted octanol–water partition coefficient (Wildman–Crippen LogP) is 2.36. The molecule has 1 atom stereocenters. The third-order valence-corrected chi connectivity index (χ3v) is 6.08. The van der Waals surface area contributed by atoms with Gasteiger partial charge in [-0.15, -0.1) is 0 Å². The Kier molecular flexibility index (Phi) is 7.64. The van der Waals surface area contributed by atoms with E-state index in [0.717, 1.165) is 50.4 Å². The minimum atomic E-state index is -0.312. The molecule has 2 N–H and O–H groups in total. The van der Waals surface area contributed by atoms with Crippen LogP contribution in [0.5, 0.6) is 0 Å². The Bertz CT molecular complexity index is 1130.